The molecule has 0 unspecified atom stereocenters. The zero-order valence-electron chi connectivity index (χ0n) is 13.9. The van der Waals surface area contributed by atoms with Gasteiger partial charge in [0.2, 0.25) is 0 Å². The summed E-state index contributed by atoms with van der Waals surface area (Å²) in [4.78, 5) is 2.91. The number of benzene rings is 1. The molecular formula is C17H22ClN6+. The van der Waals surface area contributed by atoms with Crippen molar-refractivity contribution in [2.45, 2.75) is 6.54 Å². The van der Waals surface area contributed by atoms with Crippen LogP contribution in [-0.4, -0.2) is 29.4 Å². The quantitative estimate of drug-likeness (QED) is 0.365. The molecule has 1 heterocycles. The molecule has 0 bridgehead atoms. The lowest BCUT2D eigenvalue weighted by molar-refractivity contribution is -0.413. The van der Waals surface area contributed by atoms with Crippen LogP contribution in [0.1, 0.15) is 0 Å². The number of azo groups is 1. The normalized spacial score (nSPS) is 11.1. The topological polar surface area (TPSA) is 82.5 Å². The third kappa shape index (κ3) is 6.18. The Morgan fingerprint density at radius 2 is 2.04 bits per heavy atom. The summed E-state index contributed by atoms with van der Waals surface area (Å²) in [7, 11) is 1.84. The maximum Gasteiger partial charge on any atom is 0.161 e. The second kappa shape index (κ2) is 10.9. The summed E-state index contributed by atoms with van der Waals surface area (Å²) in [5.74, 6) is 0.465. The van der Waals surface area contributed by atoms with E-state index in [1.165, 1.54) is 6.38 Å². The average molecular weight is 346 g/mol. The number of hydrogen-bond acceptors (Lipinski definition) is 4. The van der Waals surface area contributed by atoms with Gasteiger partial charge in [-0.2, -0.15) is 10.2 Å². The number of aromatic nitrogens is 2. The summed E-state index contributed by atoms with van der Waals surface area (Å²) >= 11 is 4.64. The van der Waals surface area contributed by atoms with Crippen LogP contribution < -0.4 is 10.7 Å². The van der Waals surface area contributed by atoms with E-state index in [1.54, 1.807) is 10.9 Å². The molecule has 6 nitrogen and oxygen atoms in total. The van der Waals surface area contributed by atoms with E-state index in [4.69, 9.17) is 5.73 Å². The lowest BCUT2D eigenvalue weighted by Crippen LogP contribution is -2.62. The van der Waals surface area contributed by atoms with E-state index >= 15 is 0 Å². The monoisotopic (exact) mass is 345 g/mol. The first kappa shape index (κ1) is 19.3. The summed E-state index contributed by atoms with van der Waals surface area (Å²) in [5.41, 5.74) is 8.23. The van der Waals surface area contributed by atoms with Gasteiger partial charge < -0.3 is 5.73 Å². The lowest BCUT2D eigenvalue weighted by Gasteiger charge is -2.03. The molecule has 0 aliphatic heterocycles. The van der Waals surface area contributed by atoms with Gasteiger partial charge in [0.25, 0.3) is 0 Å². The van der Waals surface area contributed by atoms with Gasteiger partial charge in [-0.15, -0.1) is 16.7 Å². The Balaban J connectivity index is 0.00000139. The molecule has 0 amide bonds. The van der Waals surface area contributed by atoms with Crippen LogP contribution in [0.4, 0.5) is 17.2 Å². The Morgan fingerprint density at radius 1 is 1.33 bits per heavy atom. The van der Waals surface area contributed by atoms with E-state index in [0.717, 1.165) is 11.3 Å². The van der Waals surface area contributed by atoms with Crippen LogP contribution in [0, 0.1) is 0 Å². The number of nitrogens with zero attached hydrogens (tertiary/aromatic N) is 4. The molecule has 0 radical (unpaired) electrons. The molecule has 126 valence electrons. The van der Waals surface area contributed by atoms with Crippen LogP contribution >= 0.6 is 11.6 Å². The number of nitrogens with one attached hydrogen (secondary N) is 1. The standard InChI is InChI=1S/C16H18N6.CH3Cl/c1-13(7-6-10-18-2)12-22-16(17)15(11-19-22)21-20-14-8-4-3-5-9-14;1-2/h3-11H,1,12,17H2,2H3;1H3/p+1/b7-6-,18-10?,21-20?;. The van der Waals surface area contributed by atoms with Gasteiger partial charge >= 0.3 is 0 Å². The first-order valence-corrected chi connectivity index (χ1v) is 7.97. The average Bonchev–Trinajstić information content (AvgIpc) is 2.96. The number of halogens is 1. The van der Waals surface area contributed by atoms with Gasteiger partial charge in [0, 0.05) is 12.5 Å². The zero-order chi connectivity index (χ0) is 17.8. The molecule has 24 heavy (non-hydrogen) atoms. The molecule has 1 aromatic carbocycles. The Labute approximate surface area is 147 Å². The number of allylic oxidation sites excluding steroid dienone is 3. The Hall–Kier alpha value is -2.73. The minimum absolute atomic E-state index is 0.465. The minimum atomic E-state index is 0.465. The third-order valence-electron chi connectivity index (χ3n) is 2.84. The van der Waals surface area contributed by atoms with Crippen molar-refractivity contribution >= 4 is 35.0 Å². The summed E-state index contributed by atoms with van der Waals surface area (Å²) in [6.07, 6.45) is 8.65. The van der Waals surface area contributed by atoms with Gasteiger partial charge in [-0.3, -0.25) is 4.99 Å². The van der Waals surface area contributed by atoms with Gasteiger partial charge in [-0.1, -0.05) is 30.9 Å². The van der Waals surface area contributed by atoms with E-state index < -0.39 is 0 Å². The highest BCUT2D eigenvalue weighted by Crippen LogP contribution is 2.24. The number of hydrogen-bond donors (Lipinski definition) is 2. The summed E-state index contributed by atoms with van der Waals surface area (Å²) in [6, 6.07) is 9.47. The van der Waals surface area contributed by atoms with Crippen LogP contribution in [0.15, 0.2) is 71.1 Å². The Morgan fingerprint density at radius 3 is 2.71 bits per heavy atom. The lowest BCUT2D eigenvalue weighted by atomic mass is 10.3. The van der Waals surface area contributed by atoms with E-state index in [0.29, 0.717) is 18.1 Å². The van der Waals surface area contributed by atoms with Crippen molar-refractivity contribution in [2.24, 2.45) is 10.2 Å². The third-order valence-corrected chi connectivity index (χ3v) is 2.84. The predicted molar refractivity (Wildman–Crippen MR) is 100 cm³/mol. The van der Waals surface area contributed by atoms with Crippen LogP contribution in [0.3, 0.4) is 0 Å². The molecular weight excluding hydrogens is 324 g/mol. The van der Waals surface area contributed by atoms with Crippen molar-refractivity contribution in [2.75, 3.05) is 19.2 Å². The van der Waals surface area contributed by atoms with E-state index in [2.05, 4.69) is 38.5 Å². The van der Waals surface area contributed by atoms with Crippen molar-refractivity contribution in [3.8, 4) is 0 Å². The van der Waals surface area contributed by atoms with Gasteiger partial charge in [-0.25, -0.2) is 4.68 Å². The highest BCUT2D eigenvalue weighted by molar-refractivity contribution is 6.15. The fraction of sp³-hybridized carbons (Fsp3) is 0.176. The summed E-state index contributed by atoms with van der Waals surface area (Å²) in [6.45, 7) is 4.46. The fourth-order valence-corrected chi connectivity index (χ4v) is 1.72. The number of rotatable bonds is 6. The van der Waals surface area contributed by atoms with Crippen LogP contribution in [-0.2, 0) is 6.54 Å². The van der Waals surface area contributed by atoms with Crippen LogP contribution in [0.2, 0.25) is 0 Å². The van der Waals surface area contributed by atoms with Crippen molar-refractivity contribution in [3.63, 3.8) is 0 Å². The molecule has 0 spiro atoms. The number of anilines is 1. The van der Waals surface area contributed by atoms with E-state index in [1.807, 2.05) is 55.7 Å². The van der Waals surface area contributed by atoms with Gasteiger partial charge in [0.1, 0.15) is 18.6 Å². The highest BCUT2D eigenvalue weighted by Gasteiger charge is 2.06. The Bertz CT molecular complexity index is 716. The molecule has 0 aliphatic rings. The number of nitrogen functional groups attached to an aromatic ring is 1. The van der Waals surface area contributed by atoms with Crippen molar-refractivity contribution in [3.05, 3.63) is 60.8 Å². The van der Waals surface area contributed by atoms with Gasteiger partial charge in [0.15, 0.2) is 6.21 Å². The molecule has 0 saturated heterocycles. The largest absolute Gasteiger partial charge is 0.382 e. The van der Waals surface area contributed by atoms with Crippen LogP contribution in [0.25, 0.3) is 0 Å². The molecule has 3 N–H and O–H groups in total. The number of nitrogens with two attached hydrogens (primary N) is 1. The van der Waals surface area contributed by atoms with Crippen molar-refractivity contribution in [1.82, 2.24) is 9.78 Å². The van der Waals surface area contributed by atoms with Gasteiger partial charge in [-0.05, 0) is 17.7 Å². The molecule has 2 aromatic rings. The highest BCUT2D eigenvalue weighted by atomic mass is 35.5. The molecule has 7 heteroatoms. The second-order valence-electron chi connectivity index (χ2n) is 4.58. The molecule has 0 aliphatic carbocycles. The molecule has 2 rings (SSSR count). The van der Waals surface area contributed by atoms with Crippen molar-refractivity contribution < 1.29 is 4.99 Å². The molecule has 1 aromatic heterocycles. The van der Waals surface area contributed by atoms with Gasteiger partial charge in [0.05, 0.1) is 18.4 Å². The first-order valence-electron chi connectivity index (χ1n) is 7.21. The fourth-order valence-electron chi connectivity index (χ4n) is 1.72. The van der Waals surface area contributed by atoms with Crippen LogP contribution in [0.5, 0.6) is 0 Å². The van der Waals surface area contributed by atoms with E-state index in [-0.39, 0.29) is 0 Å². The molecule has 0 atom stereocenters. The summed E-state index contributed by atoms with van der Waals surface area (Å²) < 4.78 is 1.64. The minimum Gasteiger partial charge on any atom is -0.382 e. The first-order chi connectivity index (χ1) is 11.7. The maximum atomic E-state index is 6.03. The smallest absolute Gasteiger partial charge is 0.161 e. The Kier molecular flexibility index (Phi) is 8.78. The molecule has 0 saturated carbocycles. The molecule has 0 fully saturated rings. The number of alkyl halides is 1. The second-order valence-corrected chi connectivity index (χ2v) is 4.58. The predicted octanol–water partition coefficient (Wildman–Crippen LogP) is 2.63. The SMILES string of the molecule is C=C(/C=C\C=[NH+]C)Cn1ncc(N=Nc2ccccc2)c1N.CCl. The maximum absolute atomic E-state index is 6.03. The van der Waals surface area contributed by atoms with Crippen molar-refractivity contribution in [1.29, 1.82) is 0 Å². The van der Waals surface area contributed by atoms with E-state index in [9.17, 15) is 0 Å². The summed E-state index contributed by atoms with van der Waals surface area (Å²) in [5, 5.41) is 12.5. The zero-order valence-corrected chi connectivity index (χ0v) is 14.6.